The lowest BCUT2D eigenvalue weighted by atomic mass is 9.89. The summed E-state index contributed by atoms with van der Waals surface area (Å²) >= 11 is 5.82. The van der Waals surface area contributed by atoms with Crippen molar-refractivity contribution in [3.05, 3.63) is 34.9 Å². The number of carboxylic acids is 1. The molecule has 0 amide bonds. The van der Waals surface area contributed by atoms with Crippen LogP contribution in [0.25, 0.3) is 0 Å². The summed E-state index contributed by atoms with van der Waals surface area (Å²) in [6, 6.07) is 7.46. The molecular weight excluding hydrogens is 226 g/mol. The Labute approximate surface area is 99.6 Å². The highest BCUT2D eigenvalue weighted by Crippen LogP contribution is 2.32. The maximum atomic E-state index is 11.1. The largest absolute Gasteiger partial charge is 0.481 e. The summed E-state index contributed by atoms with van der Waals surface area (Å²) in [5, 5.41) is 9.85. The lowest BCUT2D eigenvalue weighted by molar-refractivity contribution is -0.141. The van der Waals surface area contributed by atoms with Gasteiger partial charge < -0.3 is 10.0 Å². The smallest absolute Gasteiger partial charge is 0.308 e. The van der Waals surface area contributed by atoms with Crippen molar-refractivity contribution in [1.29, 1.82) is 0 Å². The Hall–Kier alpha value is -1.06. The first kappa shape index (κ1) is 11.4. The van der Waals surface area contributed by atoms with Crippen LogP contribution in [0.2, 0.25) is 5.02 Å². The first-order chi connectivity index (χ1) is 7.58. The third kappa shape index (κ3) is 2.20. The van der Waals surface area contributed by atoms with Crippen LogP contribution in [0.15, 0.2) is 24.3 Å². The van der Waals surface area contributed by atoms with E-state index >= 15 is 0 Å². The fraction of sp³-hybridized carbons (Fsp3) is 0.417. The zero-order valence-corrected chi connectivity index (χ0v) is 9.81. The number of halogens is 1. The second-order valence-electron chi connectivity index (χ2n) is 4.32. The van der Waals surface area contributed by atoms with Crippen LogP contribution < -0.4 is 0 Å². The molecule has 4 heteroatoms. The molecule has 1 aliphatic rings. The molecule has 2 rings (SSSR count). The zero-order valence-electron chi connectivity index (χ0n) is 9.06. The van der Waals surface area contributed by atoms with Gasteiger partial charge in [0.05, 0.1) is 5.92 Å². The number of likely N-dealkylation sites (tertiary alicyclic amines) is 1. The molecule has 0 aromatic heterocycles. The topological polar surface area (TPSA) is 40.5 Å². The molecule has 0 unspecified atom stereocenters. The van der Waals surface area contributed by atoms with Gasteiger partial charge in [0.1, 0.15) is 0 Å². The van der Waals surface area contributed by atoms with E-state index < -0.39 is 5.97 Å². The average molecular weight is 240 g/mol. The summed E-state index contributed by atoms with van der Waals surface area (Å²) in [7, 11) is 1.95. The van der Waals surface area contributed by atoms with E-state index in [0.717, 1.165) is 12.1 Å². The van der Waals surface area contributed by atoms with Crippen molar-refractivity contribution in [3.63, 3.8) is 0 Å². The molecule has 0 radical (unpaired) electrons. The Bertz CT molecular complexity index is 391. The van der Waals surface area contributed by atoms with E-state index in [1.54, 1.807) is 0 Å². The number of aliphatic carboxylic acids is 1. The minimum absolute atomic E-state index is 0.0692. The first-order valence-corrected chi connectivity index (χ1v) is 5.62. The minimum atomic E-state index is -0.718. The van der Waals surface area contributed by atoms with Crippen LogP contribution in [0.3, 0.4) is 0 Å². The monoisotopic (exact) mass is 239 g/mol. The number of likely N-dealkylation sites (N-methyl/N-ethyl adjacent to an activating group) is 1. The predicted octanol–water partition coefficient (Wildman–Crippen LogP) is 2.07. The molecule has 86 valence electrons. The maximum Gasteiger partial charge on any atom is 0.308 e. The van der Waals surface area contributed by atoms with Crippen molar-refractivity contribution in [2.75, 3.05) is 20.1 Å². The van der Waals surface area contributed by atoms with Gasteiger partial charge in [-0.05, 0) is 24.7 Å². The Kier molecular flexibility index (Phi) is 3.17. The van der Waals surface area contributed by atoms with Crippen molar-refractivity contribution in [1.82, 2.24) is 4.90 Å². The summed E-state index contributed by atoms with van der Waals surface area (Å²) in [5.41, 5.74) is 1.06. The van der Waals surface area contributed by atoms with Crippen molar-refractivity contribution >= 4 is 17.6 Å². The van der Waals surface area contributed by atoms with Crippen LogP contribution in [-0.2, 0) is 4.79 Å². The number of nitrogens with zero attached hydrogens (tertiary/aromatic N) is 1. The summed E-state index contributed by atoms with van der Waals surface area (Å²) in [6.07, 6.45) is 0. The SMILES string of the molecule is CN1C[C@H](C(=O)O)[C@H](c2ccc(Cl)cc2)C1. The van der Waals surface area contributed by atoms with E-state index in [1.807, 2.05) is 31.3 Å². The minimum Gasteiger partial charge on any atom is -0.481 e. The summed E-state index contributed by atoms with van der Waals surface area (Å²) in [6.45, 7) is 1.40. The van der Waals surface area contributed by atoms with E-state index in [0.29, 0.717) is 11.6 Å². The van der Waals surface area contributed by atoms with Crippen LogP contribution in [-0.4, -0.2) is 36.1 Å². The van der Waals surface area contributed by atoms with E-state index in [2.05, 4.69) is 4.90 Å². The standard InChI is InChI=1S/C12H14ClNO2/c1-14-6-10(11(7-14)12(15)16)8-2-4-9(13)5-3-8/h2-5,10-11H,6-7H2,1H3,(H,15,16)/t10-,11-/m0/s1. The molecule has 0 spiro atoms. The summed E-state index contributed by atoms with van der Waals surface area (Å²) in [4.78, 5) is 13.2. The molecule has 1 aromatic carbocycles. The third-order valence-corrected chi connectivity index (χ3v) is 3.37. The quantitative estimate of drug-likeness (QED) is 0.859. The second kappa shape index (κ2) is 4.44. The van der Waals surface area contributed by atoms with Gasteiger partial charge in [-0.25, -0.2) is 0 Å². The number of carbonyl (C=O) groups is 1. The molecule has 1 aromatic rings. The van der Waals surface area contributed by atoms with Gasteiger partial charge in [-0.2, -0.15) is 0 Å². The van der Waals surface area contributed by atoms with Crippen LogP contribution >= 0.6 is 11.6 Å². The highest BCUT2D eigenvalue weighted by Gasteiger charge is 2.36. The fourth-order valence-electron chi connectivity index (χ4n) is 2.30. The molecule has 2 atom stereocenters. The van der Waals surface area contributed by atoms with E-state index in [4.69, 9.17) is 16.7 Å². The van der Waals surface area contributed by atoms with Gasteiger partial charge in [0, 0.05) is 24.0 Å². The lowest BCUT2D eigenvalue weighted by Crippen LogP contribution is -2.21. The van der Waals surface area contributed by atoms with Crippen LogP contribution in [0.5, 0.6) is 0 Å². The molecule has 3 nitrogen and oxygen atoms in total. The molecule has 1 fully saturated rings. The van der Waals surface area contributed by atoms with Crippen molar-refractivity contribution in [3.8, 4) is 0 Å². The summed E-state index contributed by atoms with van der Waals surface area (Å²) in [5.74, 6) is -0.963. The van der Waals surface area contributed by atoms with Gasteiger partial charge in [0.2, 0.25) is 0 Å². The molecule has 0 saturated carbocycles. The van der Waals surface area contributed by atoms with Gasteiger partial charge in [-0.3, -0.25) is 4.79 Å². The number of hydrogen-bond donors (Lipinski definition) is 1. The van der Waals surface area contributed by atoms with E-state index in [9.17, 15) is 4.79 Å². The van der Waals surface area contributed by atoms with Crippen molar-refractivity contribution < 1.29 is 9.90 Å². The molecular formula is C12H14ClNO2. The number of benzene rings is 1. The molecule has 1 aliphatic heterocycles. The van der Waals surface area contributed by atoms with Gasteiger partial charge in [0.25, 0.3) is 0 Å². The number of rotatable bonds is 2. The third-order valence-electron chi connectivity index (χ3n) is 3.12. The van der Waals surface area contributed by atoms with Crippen molar-refractivity contribution in [2.24, 2.45) is 5.92 Å². The molecule has 0 bridgehead atoms. The van der Waals surface area contributed by atoms with Gasteiger partial charge in [-0.15, -0.1) is 0 Å². The van der Waals surface area contributed by atoms with Crippen LogP contribution in [0.1, 0.15) is 11.5 Å². The Morgan fingerprint density at radius 2 is 2.00 bits per heavy atom. The highest BCUT2D eigenvalue weighted by atomic mass is 35.5. The van der Waals surface area contributed by atoms with Crippen LogP contribution in [0, 0.1) is 5.92 Å². The second-order valence-corrected chi connectivity index (χ2v) is 4.76. The van der Waals surface area contributed by atoms with Crippen LogP contribution in [0.4, 0.5) is 0 Å². The predicted molar refractivity (Wildman–Crippen MR) is 62.8 cm³/mol. The van der Waals surface area contributed by atoms with E-state index in [1.165, 1.54) is 0 Å². The number of carboxylic acid groups (broad SMARTS) is 1. The van der Waals surface area contributed by atoms with E-state index in [-0.39, 0.29) is 11.8 Å². The molecule has 1 saturated heterocycles. The maximum absolute atomic E-state index is 11.1. The highest BCUT2D eigenvalue weighted by molar-refractivity contribution is 6.30. The molecule has 1 N–H and O–H groups in total. The van der Waals surface area contributed by atoms with Gasteiger partial charge in [-0.1, -0.05) is 23.7 Å². The lowest BCUT2D eigenvalue weighted by Gasteiger charge is -2.14. The normalized spacial score (nSPS) is 25.9. The van der Waals surface area contributed by atoms with Gasteiger partial charge >= 0.3 is 5.97 Å². The average Bonchev–Trinajstić information content (AvgIpc) is 2.61. The molecule has 0 aliphatic carbocycles. The summed E-state index contributed by atoms with van der Waals surface area (Å²) < 4.78 is 0. The fourth-order valence-corrected chi connectivity index (χ4v) is 2.42. The molecule has 1 heterocycles. The Morgan fingerprint density at radius 1 is 1.38 bits per heavy atom. The molecule has 16 heavy (non-hydrogen) atoms. The first-order valence-electron chi connectivity index (χ1n) is 5.24. The Balaban J connectivity index is 2.25. The number of hydrogen-bond acceptors (Lipinski definition) is 2. The Morgan fingerprint density at radius 3 is 2.56 bits per heavy atom. The van der Waals surface area contributed by atoms with Crippen molar-refractivity contribution in [2.45, 2.75) is 5.92 Å². The van der Waals surface area contributed by atoms with Gasteiger partial charge in [0.15, 0.2) is 0 Å². The zero-order chi connectivity index (χ0) is 11.7.